The summed E-state index contributed by atoms with van der Waals surface area (Å²) in [5.41, 5.74) is -0.0962. The molecule has 2 aromatic carbocycles. The first-order valence-electron chi connectivity index (χ1n) is 6.20. The summed E-state index contributed by atoms with van der Waals surface area (Å²) in [4.78, 5) is 9.77. The Bertz CT molecular complexity index is 922. The van der Waals surface area contributed by atoms with Gasteiger partial charge in [-0.2, -0.15) is 5.26 Å². The SMILES string of the molecule is CN(c1cccc(C#N)c1)S(=O)(=O)c1cc(Cl)ccc1[N+](=O)[O-]. The van der Waals surface area contributed by atoms with E-state index < -0.39 is 25.5 Å². The number of anilines is 1. The first kappa shape index (κ1) is 16.7. The standard InChI is InChI=1S/C14H10ClN3O4S/c1-17(12-4-2-3-10(7-12)9-16)23(21,22)14-8-11(15)5-6-13(14)18(19)20/h2-8H,1H3. The zero-order valence-corrected chi connectivity index (χ0v) is 13.4. The van der Waals surface area contributed by atoms with Gasteiger partial charge in [-0.05, 0) is 30.3 Å². The number of sulfonamides is 1. The number of nitro groups is 1. The molecule has 7 nitrogen and oxygen atoms in total. The number of hydrogen-bond donors (Lipinski definition) is 0. The molecule has 23 heavy (non-hydrogen) atoms. The minimum absolute atomic E-state index is 0.0633. The van der Waals surface area contributed by atoms with Crippen LogP contribution in [-0.2, 0) is 10.0 Å². The van der Waals surface area contributed by atoms with Crippen molar-refractivity contribution in [3.8, 4) is 6.07 Å². The molecule has 2 rings (SSSR count). The summed E-state index contributed by atoms with van der Waals surface area (Å²) in [6.45, 7) is 0. The minimum Gasteiger partial charge on any atom is -0.269 e. The average Bonchev–Trinajstić information content (AvgIpc) is 2.53. The lowest BCUT2D eigenvalue weighted by atomic mass is 10.2. The molecule has 2 aromatic rings. The van der Waals surface area contributed by atoms with Gasteiger partial charge in [0.15, 0.2) is 4.90 Å². The Labute approximate surface area is 137 Å². The fourth-order valence-electron chi connectivity index (χ4n) is 1.90. The molecule has 0 amide bonds. The average molecular weight is 352 g/mol. The van der Waals surface area contributed by atoms with Crippen LogP contribution >= 0.6 is 11.6 Å². The molecule has 0 fully saturated rings. The third kappa shape index (κ3) is 3.26. The normalized spacial score (nSPS) is 10.8. The summed E-state index contributed by atoms with van der Waals surface area (Å²) in [6.07, 6.45) is 0. The second kappa shape index (κ2) is 6.24. The van der Waals surface area contributed by atoms with Gasteiger partial charge < -0.3 is 0 Å². The van der Waals surface area contributed by atoms with Crippen LogP contribution in [0.3, 0.4) is 0 Å². The number of nitrogens with zero attached hydrogens (tertiary/aromatic N) is 3. The Kier molecular flexibility index (Phi) is 4.54. The van der Waals surface area contributed by atoms with Crippen molar-refractivity contribution in [1.82, 2.24) is 0 Å². The number of nitriles is 1. The van der Waals surface area contributed by atoms with Gasteiger partial charge in [0.25, 0.3) is 15.7 Å². The molecule has 0 unspecified atom stereocenters. The summed E-state index contributed by atoms with van der Waals surface area (Å²) in [7, 11) is -2.97. The van der Waals surface area contributed by atoms with Crippen LogP contribution in [0.4, 0.5) is 11.4 Å². The zero-order chi connectivity index (χ0) is 17.2. The molecule has 0 radical (unpaired) electrons. The molecule has 0 aromatic heterocycles. The molecule has 0 saturated heterocycles. The van der Waals surface area contributed by atoms with E-state index in [1.807, 2.05) is 6.07 Å². The predicted octanol–water partition coefficient (Wildman–Crippen LogP) is 2.94. The Morgan fingerprint density at radius 3 is 2.57 bits per heavy atom. The summed E-state index contributed by atoms with van der Waals surface area (Å²) < 4.78 is 26.2. The van der Waals surface area contributed by atoms with E-state index in [-0.39, 0.29) is 16.3 Å². The van der Waals surface area contributed by atoms with Crippen LogP contribution in [0.1, 0.15) is 5.56 Å². The molecule has 0 heterocycles. The molecule has 118 valence electrons. The molecule has 0 aliphatic heterocycles. The minimum atomic E-state index is -4.22. The Balaban J connectivity index is 2.60. The monoisotopic (exact) mass is 351 g/mol. The molecule has 0 aliphatic carbocycles. The molecular formula is C14H10ClN3O4S. The van der Waals surface area contributed by atoms with E-state index in [0.29, 0.717) is 0 Å². The van der Waals surface area contributed by atoms with E-state index in [4.69, 9.17) is 16.9 Å². The lowest BCUT2D eigenvalue weighted by molar-refractivity contribution is -0.387. The second-order valence-corrected chi connectivity index (χ2v) is 6.88. The highest BCUT2D eigenvalue weighted by molar-refractivity contribution is 7.93. The fourth-order valence-corrected chi connectivity index (χ4v) is 3.51. The van der Waals surface area contributed by atoms with Gasteiger partial charge in [0.05, 0.1) is 22.2 Å². The first-order valence-corrected chi connectivity index (χ1v) is 8.02. The number of hydrogen-bond acceptors (Lipinski definition) is 5. The van der Waals surface area contributed by atoms with E-state index in [1.165, 1.54) is 37.4 Å². The van der Waals surface area contributed by atoms with Gasteiger partial charge in [0, 0.05) is 18.1 Å². The van der Waals surface area contributed by atoms with Crippen molar-refractivity contribution in [3.05, 3.63) is 63.2 Å². The van der Waals surface area contributed by atoms with Crippen LogP contribution < -0.4 is 4.31 Å². The van der Waals surface area contributed by atoms with E-state index in [9.17, 15) is 18.5 Å². The van der Waals surface area contributed by atoms with Crippen molar-refractivity contribution in [2.24, 2.45) is 0 Å². The maximum absolute atomic E-state index is 12.7. The van der Waals surface area contributed by atoms with Crippen molar-refractivity contribution in [1.29, 1.82) is 5.26 Å². The Morgan fingerprint density at radius 1 is 1.26 bits per heavy atom. The van der Waals surface area contributed by atoms with E-state index in [1.54, 1.807) is 0 Å². The predicted molar refractivity (Wildman–Crippen MR) is 84.9 cm³/mol. The van der Waals surface area contributed by atoms with Crippen LogP contribution in [0, 0.1) is 21.4 Å². The molecule has 0 aliphatic rings. The van der Waals surface area contributed by atoms with Crippen LogP contribution in [0.5, 0.6) is 0 Å². The van der Waals surface area contributed by atoms with Crippen molar-refractivity contribution in [2.45, 2.75) is 4.90 Å². The molecule has 0 spiro atoms. The maximum atomic E-state index is 12.7. The number of rotatable bonds is 4. The lowest BCUT2D eigenvalue weighted by Gasteiger charge is -2.19. The molecule has 9 heteroatoms. The zero-order valence-electron chi connectivity index (χ0n) is 11.8. The topological polar surface area (TPSA) is 104 Å². The van der Waals surface area contributed by atoms with Gasteiger partial charge in [0.2, 0.25) is 0 Å². The summed E-state index contributed by atoms with van der Waals surface area (Å²) in [5, 5.41) is 20.0. The van der Waals surface area contributed by atoms with E-state index in [0.717, 1.165) is 16.4 Å². The fraction of sp³-hybridized carbons (Fsp3) is 0.0714. The summed E-state index contributed by atoms with van der Waals surface area (Å²) in [5.74, 6) is 0. The van der Waals surface area contributed by atoms with Crippen LogP contribution in [0.15, 0.2) is 47.4 Å². The maximum Gasteiger partial charge on any atom is 0.289 e. The van der Waals surface area contributed by atoms with E-state index in [2.05, 4.69) is 0 Å². The highest BCUT2D eigenvalue weighted by Gasteiger charge is 2.30. The molecule has 0 atom stereocenters. The number of benzene rings is 2. The largest absolute Gasteiger partial charge is 0.289 e. The first-order chi connectivity index (χ1) is 10.8. The third-order valence-electron chi connectivity index (χ3n) is 3.10. The van der Waals surface area contributed by atoms with Crippen LogP contribution in [-0.4, -0.2) is 20.4 Å². The molecular weight excluding hydrogens is 342 g/mol. The highest BCUT2D eigenvalue weighted by atomic mass is 35.5. The lowest BCUT2D eigenvalue weighted by Crippen LogP contribution is -2.27. The van der Waals surface area contributed by atoms with Gasteiger partial charge in [-0.15, -0.1) is 0 Å². The Morgan fingerprint density at radius 2 is 1.96 bits per heavy atom. The van der Waals surface area contributed by atoms with Gasteiger partial charge in [-0.25, -0.2) is 8.42 Å². The molecule has 0 bridgehead atoms. The summed E-state index contributed by atoms with van der Waals surface area (Å²) >= 11 is 5.78. The number of nitro benzene ring substituents is 1. The highest BCUT2D eigenvalue weighted by Crippen LogP contribution is 2.31. The van der Waals surface area contributed by atoms with Gasteiger partial charge >= 0.3 is 0 Å². The van der Waals surface area contributed by atoms with Gasteiger partial charge in [-0.3, -0.25) is 14.4 Å². The number of halogens is 1. The van der Waals surface area contributed by atoms with Crippen molar-refractivity contribution in [2.75, 3.05) is 11.4 Å². The van der Waals surface area contributed by atoms with Crippen molar-refractivity contribution in [3.63, 3.8) is 0 Å². The Hall–Kier alpha value is -2.63. The molecule has 0 saturated carbocycles. The molecule has 0 N–H and O–H groups in total. The smallest absolute Gasteiger partial charge is 0.269 e. The van der Waals surface area contributed by atoms with Crippen molar-refractivity contribution < 1.29 is 13.3 Å². The quantitative estimate of drug-likeness (QED) is 0.622. The van der Waals surface area contributed by atoms with Gasteiger partial charge in [0.1, 0.15) is 0 Å². The third-order valence-corrected chi connectivity index (χ3v) is 5.15. The van der Waals surface area contributed by atoms with Crippen molar-refractivity contribution >= 4 is 33.0 Å². The second-order valence-electron chi connectivity index (χ2n) is 4.50. The van der Waals surface area contributed by atoms with Gasteiger partial charge in [-0.1, -0.05) is 17.7 Å². The van der Waals surface area contributed by atoms with Crippen LogP contribution in [0.25, 0.3) is 0 Å². The van der Waals surface area contributed by atoms with E-state index >= 15 is 0 Å². The van der Waals surface area contributed by atoms with Crippen LogP contribution in [0.2, 0.25) is 5.02 Å². The summed E-state index contributed by atoms with van der Waals surface area (Å²) in [6, 6.07) is 11.1.